The summed E-state index contributed by atoms with van der Waals surface area (Å²) in [5, 5.41) is 15.0. The average Bonchev–Trinajstić information content (AvgIpc) is 2.65. The van der Waals surface area contributed by atoms with Crippen molar-refractivity contribution in [1.82, 2.24) is 0 Å². The van der Waals surface area contributed by atoms with Gasteiger partial charge in [-0.25, -0.2) is 0 Å². The number of benzene rings is 3. The molecule has 3 aromatic rings. The molecule has 0 aliphatic heterocycles. The lowest BCUT2D eigenvalue weighted by Crippen LogP contribution is -2.25. The van der Waals surface area contributed by atoms with Crippen molar-refractivity contribution in [3.63, 3.8) is 0 Å². The summed E-state index contributed by atoms with van der Waals surface area (Å²) in [6.45, 7) is 1.71. The fourth-order valence-electron chi connectivity index (χ4n) is 2.53. The number of rotatable bonds is 7. The van der Waals surface area contributed by atoms with Crippen LogP contribution in [0.4, 0.5) is 5.69 Å². The molecule has 1 atom stereocenters. The summed E-state index contributed by atoms with van der Waals surface area (Å²) in [7, 11) is 0. The minimum absolute atomic E-state index is 0.118. The van der Waals surface area contributed by atoms with Gasteiger partial charge in [0.1, 0.15) is 30.8 Å². The molecule has 1 amide bonds. The van der Waals surface area contributed by atoms with Gasteiger partial charge in [0.25, 0.3) is 0 Å². The molecule has 0 spiro atoms. The summed E-state index contributed by atoms with van der Waals surface area (Å²) in [4.78, 5) is 11.0. The summed E-state index contributed by atoms with van der Waals surface area (Å²) >= 11 is 0. The second-order valence-corrected chi connectivity index (χ2v) is 5.99. The molecule has 0 saturated heterocycles. The topological polar surface area (TPSA) is 67.8 Å². The van der Waals surface area contributed by atoms with Crippen LogP contribution in [0.5, 0.6) is 11.5 Å². The van der Waals surface area contributed by atoms with Gasteiger partial charge in [-0.15, -0.1) is 0 Å². The van der Waals surface area contributed by atoms with Gasteiger partial charge in [0, 0.05) is 12.6 Å². The van der Waals surface area contributed by atoms with E-state index in [9.17, 15) is 9.90 Å². The molecule has 0 radical (unpaired) electrons. The summed E-state index contributed by atoms with van der Waals surface area (Å²) in [5.74, 6) is 1.20. The summed E-state index contributed by atoms with van der Waals surface area (Å²) in [6.07, 6.45) is -0.753. The third-order valence-corrected chi connectivity index (χ3v) is 3.78. The minimum atomic E-state index is -0.753. The largest absolute Gasteiger partial charge is 0.491 e. The fourth-order valence-corrected chi connectivity index (χ4v) is 2.53. The first-order chi connectivity index (χ1) is 12.6. The predicted molar refractivity (Wildman–Crippen MR) is 102 cm³/mol. The lowest BCUT2D eigenvalue weighted by molar-refractivity contribution is -0.114. The van der Waals surface area contributed by atoms with Crippen LogP contribution in [0.2, 0.25) is 0 Å². The predicted octanol–water partition coefficient (Wildman–Crippen LogP) is 3.62. The van der Waals surface area contributed by atoms with Crippen molar-refractivity contribution in [1.29, 1.82) is 0 Å². The van der Waals surface area contributed by atoms with Crippen molar-refractivity contribution < 1.29 is 19.4 Å². The van der Waals surface area contributed by atoms with Crippen LogP contribution in [0.1, 0.15) is 6.92 Å². The number of anilines is 1. The summed E-state index contributed by atoms with van der Waals surface area (Å²) < 4.78 is 11.2. The highest BCUT2D eigenvalue weighted by atomic mass is 16.5. The molecule has 3 aromatic carbocycles. The second kappa shape index (κ2) is 8.36. The smallest absolute Gasteiger partial charge is 0.221 e. The van der Waals surface area contributed by atoms with Crippen molar-refractivity contribution in [2.45, 2.75) is 13.0 Å². The maximum Gasteiger partial charge on any atom is 0.221 e. The van der Waals surface area contributed by atoms with Gasteiger partial charge in [-0.2, -0.15) is 0 Å². The van der Waals surface area contributed by atoms with Crippen LogP contribution in [-0.2, 0) is 4.79 Å². The molecule has 0 aromatic heterocycles. The highest BCUT2D eigenvalue weighted by Crippen LogP contribution is 2.21. The molecular formula is C21H21NO4. The Balaban J connectivity index is 1.47. The Morgan fingerprint density at radius 2 is 1.54 bits per heavy atom. The van der Waals surface area contributed by atoms with E-state index in [2.05, 4.69) is 5.32 Å². The van der Waals surface area contributed by atoms with Gasteiger partial charge >= 0.3 is 0 Å². The molecule has 2 N–H and O–H groups in total. The quantitative estimate of drug-likeness (QED) is 0.682. The first kappa shape index (κ1) is 17.8. The Hall–Kier alpha value is -3.05. The lowest BCUT2D eigenvalue weighted by Gasteiger charge is -2.14. The molecule has 0 fully saturated rings. The first-order valence-electron chi connectivity index (χ1n) is 8.40. The Bertz CT molecular complexity index is 877. The number of aliphatic hydroxyl groups excluding tert-OH is 1. The molecule has 26 heavy (non-hydrogen) atoms. The summed E-state index contributed by atoms with van der Waals surface area (Å²) in [6, 6.07) is 20.8. The molecule has 0 heterocycles. The van der Waals surface area contributed by atoms with Crippen molar-refractivity contribution >= 4 is 22.4 Å². The zero-order chi connectivity index (χ0) is 18.4. The monoisotopic (exact) mass is 351 g/mol. The van der Waals surface area contributed by atoms with Crippen molar-refractivity contribution in [2.75, 3.05) is 18.5 Å². The number of ether oxygens (including phenoxy) is 2. The van der Waals surface area contributed by atoms with Crippen LogP contribution in [0.25, 0.3) is 10.8 Å². The fraction of sp³-hybridized carbons (Fsp3) is 0.190. The van der Waals surface area contributed by atoms with E-state index in [4.69, 9.17) is 9.47 Å². The van der Waals surface area contributed by atoms with Gasteiger partial charge in [0.05, 0.1) is 0 Å². The van der Waals surface area contributed by atoms with Crippen LogP contribution in [0.3, 0.4) is 0 Å². The Labute approximate surface area is 152 Å². The lowest BCUT2D eigenvalue weighted by atomic mass is 10.1. The van der Waals surface area contributed by atoms with Crippen LogP contribution in [0, 0.1) is 0 Å². The van der Waals surface area contributed by atoms with E-state index in [1.165, 1.54) is 6.92 Å². The van der Waals surface area contributed by atoms with Gasteiger partial charge in [-0.3, -0.25) is 4.79 Å². The molecular weight excluding hydrogens is 330 g/mol. The van der Waals surface area contributed by atoms with E-state index in [1.54, 1.807) is 24.3 Å². The van der Waals surface area contributed by atoms with Gasteiger partial charge in [-0.05, 0) is 47.2 Å². The first-order valence-corrected chi connectivity index (χ1v) is 8.40. The zero-order valence-electron chi connectivity index (χ0n) is 14.5. The molecule has 0 aliphatic rings. The molecule has 134 valence electrons. The standard InChI is InChI=1S/C21H21NO4/c1-15(23)22-18-7-10-20(11-8-18)25-13-19(24)14-26-21-9-6-16-4-2-3-5-17(16)12-21/h2-12,19,24H,13-14H2,1H3,(H,22,23)/t19-/m0/s1. The van der Waals surface area contributed by atoms with Gasteiger partial charge in [0.2, 0.25) is 5.91 Å². The Morgan fingerprint density at radius 1 is 0.923 bits per heavy atom. The Kier molecular flexibility index (Phi) is 5.71. The minimum Gasteiger partial charge on any atom is -0.491 e. The van der Waals surface area contributed by atoms with Crippen LogP contribution >= 0.6 is 0 Å². The van der Waals surface area contributed by atoms with Crippen LogP contribution in [-0.4, -0.2) is 30.3 Å². The number of carbonyl (C=O) groups is 1. The summed E-state index contributed by atoms with van der Waals surface area (Å²) in [5.41, 5.74) is 0.699. The number of carbonyl (C=O) groups excluding carboxylic acids is 1. The normalized spacial score (nSPS) is 11.8. The molecule has 0 bridgehead atoms. The van der Waals surface area contributed by atoms with Crippen LogP contribution in [0.15, 0.2) is 66.7 Å². The second-order valence-electron chi connectivity index (χ2n) is 5.99. The van der Waals surface area contributed by atoms with E-state index >= 15 is 0 Å². The molecule has 0 unspecified atom stereocenters. The van der Waals surface area contributed by atoms with E-state index in [0.717, 1.165) is 10.8 Å². The highest BCUT2D eigenvalue weighted by Gasteiger charge is 2.07. The van der Waals surface area contributed by atoms with Crippen molar-refractivity contribution in [2.24, 2.45) is 0 Å². The zero-order valence-corrected chi connectivity index (χ0v) is 14.5. The molecule has 0 saturated carbocycles. The van der Waals surface area contributed by atoms with E-state index < -0.39 is 6.10 Å². The van der Waals surface area contributed by atoms with Gasteiger partial charge in [-0.1, -0.05) is 30.3 Å². The van der Waals surface area contributed by atoms with Gasteiger partial charge < -0.3 is 19.9 Å². The number of amides is 1. The maximum absolute atomic E-state index is 11.0. The number of hydrogen-bond acceptors (Lipinski definition) is 4. The van der Waals surface area contributed by atoms with E-state index in [1.807, 2.05) is 42.5 Å². The number of nitrogens with one attached hydrogen (secondary N) is 1. The maximum atomic E-state index is 11.0. The van der Waals surface area contributed by atoms with Crippen LogP contribution < -0.4 is 14.8 Å². The molecule has 3 rings (SSSR count). The van der Waals surface area contributed by atoms with Crippen molar-refractivity contribution in [3.05, 3.63) is 66.7 Å². The number of hydrogen-bond donors (Lipinski definition) is 2. The molecule has 5 heteroatoms. The number of fused-ring (bicyclic) bond motifs is 1. The van der Waals surface area contributed by atoms with E-state index in [-0.39, 0.29) is 19.1 Å². The van der Waals surface area contributed by atoms with Gasteiger partial charge in [0.15, 0.2) is 0 Å². The van der Waals surface area contributed by atoms with E-state index in [0.29, 0.717) is 17.2 Å². The Morgan fingerprint density at radius 3 is 2.23 bits per heavy atom. The number of aliphatic hydroxyl groups is 1. The molecule has 0 aliphatic carbocycles. The van der Waals surface area contributed by atoms with Crippen molar-refractivity contribution in [3.8, 4) is 11.5 Å². The molecule has 5 nitrogen and oxygen atoms in total. The third kappa shape index (κ3) is 4.97. The SMILES string of the molecule is CC(=O)Nc1ccc(OC[C@H](O)COc2ccc3ccccc3c2)cc1. The average molecular weight is 351 g/mol. The highest BCUT2D eigenvalue weighted by molar-refractivity contribution is 5.88. The third-order valence-electron chi connectivity index (χ3n) is 3.78.